The Morgan fingerprint density at radius 2 is 1.78 bits per heavy atom. The zero-order chi connectivity index (χ0) is 19.2. The highest BCUT2D eigenvalue weighted by atomic mass is 16.5. The lowest BCUT2D eigenvalue weighted by Crippen LogP contribution is -2.40. The molecule has 0 bridgehead atoms. The first-order valence-corrected chi connectivity index (χ1v) is 9.36. The largest absolute Gasteiger partial charge is 0.378 e. The quantitative estimate of drug-likeness (QED) is 0.885. The Balaban J connectivity index is 1.71. The fourth-order valence-electron chi connectivity index (χ4n) is 3.37. The van der Waals surface area contributed by atoms with E-state index in [1.165, 1.54) is 12.5 Å². The highest BCUT2D eigenvalue weighted by Gasteiger charge is 2.18. The molecular formula is C22H26N2O3. The molecule has 1 fully saturated rings. The number of amides is 2. The third-order valence-corrected chi connectivity index (χ3v) is 4.69. The van der Waals surface area contributed by atoms with Crippen LogP contribution in [0, 0.1) is 0 Å². The molecule has 1 N–H and O–H groups in total. The summed E-state index contributed by atoms with van der Waals surface area (Å²) >= 11 is 0. The van der Waals surface area contributed by atoms with Gasteiger partial charge in [0.1, 0.15) is 0 Å². The lowest BCUT2D eigenvalue weighted by atomic mass is 9.99. The van der Waals surface area contributed by atoms with Crippen molar-refractivity contribution in [2.45, 2.75) is 26.3 Å². The number of nitrogens with one attached hydrogen (secondary N) is 1. The van der Waals surface area contributed by atoms with E-state index < -0.39 is 0 Å². The molecule has 0 spiro atoms. The molecule has 2 aromatic rings. The number of carbonyl (C=O) groups excluding carboxylic acids is 2. The van der Waals surface area contributed by atoms with Crippen molar-refractivity contribution >= 4 is 11.8 Å². The van der Waals surface area contributed by atoms with E-state index in [0.29, 0.717) is 31.9 Å². The van der Waals surface area contributed by atoms with E-state index in [1.54, 1.807) is 0 Å². The molecule has 0 saturated carbocycles. The average molecular weight is 366 g/mol. The highest BCUT2D eigenvalue weighted by molar-refractivity contribution is 5.95. The Bertz CT molecular complexity index is 795. The second-order valence-electron chi connectivity index (χ2n) is 6.99. The van der Waals surface area contributed by atoms with Crippen LogP contribution in [0.15, 0.2) is 48.5 Å². The van der Waals surface area contributed by atoms with Gasteiger partial charge in [-0.05, 0) is 42.2 Å². The molecule has 1 aliphatic heterocycles. The molecule has 1 heterocycles. The summed E-state index contributed by atoms with van der Waals surface area (Å²) in [7, 11) is 0. The first-order valence-electron chi connectivity index (χ1n) is 9.36. The zero-order valence-electron chi connectivity index (χ0n) is 15.9. The first kappa shape index (κ1) is 19.1. The van der Waals surface area contributed by atoms with Gasteiger partial charge in [-0.2, -0.15) is 0 Å². The summed E-state index contributed by atoms with van der Waals surface area (Å²) in [4.78, 5) is 25.7. The van der Waals surface area contributed by atoms with E-state index in [0.717, 1.165) is 17.5 Å². The molecule has 1 atom stereocenters. The fraction of sp³-hybridized carbons (Fsp3) is 0.364. The zero-order valence-corrected chi connectivity index (χ0v) is 15.9. The molecule has 5 heteroatoms. The molecule has 1 saturated heterocycles. The van der Waals surface area contributed by atoms with Gasteiger partial charge < -0.3 is 15.0 Å². The minimum absolute atomic E-state index is 0.0131. The van der Waals surface area contributed by atoms with E-state index in [2.05, 4.69) is 29.6 Å². The molecule has 1 aliphatic rings. The monoisotopic (exact) mass is 366 g/mol. The molecule has 2 amide bonds. The lowest BCUT2D eigenvalue weighted by Gasteiger charge is -2.27. The van der Waals surface area contributed by atoms with Crippen LogP contribution in [-0.4, -0.2) is 49.1 Å². The third kappa shape index (κ3) is 5.17. The van der Waals surface area contributed by atoms with Crippen LogP contribution in [0.5, 0.6) is 0 Å². The van der Waals surface area contributed by atoms with E-state index >= 15 is 0 Å². The maximum atomic E-state index is 12.7. The van der Waals surface area contributed by atoms with Crippen molar-refractivity contribution in [2.75, 3.05) is 26.3 Å². The maximum absolute atomic E-state index is 12.7. The lowest BCUT2D eigenvalue weighted by molar-refractivity contribution is -0.119. The van der Waals surface area contributed by atoms with Crippen molar-refractivity contribution in [2.24, 2.45) is 0 Å². The Kier molecular flexibility index (Phi) is 6.24. The third-order valence-electron chi connectivity index (χ3n) is 4.69. The van der Waals surface area contributed by atoms with Crippen molar-refractivity contribution in [1.82, 2.24) is 10.2 Å². The molecule has 2 aromatic carbocycles. The van der Waals surface area contributed by atoms with E-state index in [1.807, 2.05) is 36.1 Å². The van der Waals surface area contributed by atoms with Crippen molar-refractivity contribution in [1.29, 1.82) is 0 Å². The standard InChI is InChI=1S/C22H26N2O3/c1-16(23-17(2)25)14-18-6-8-19(9-7-18)20-4-3-5-21(15-20)22(26)24-10-12-27-13-11-24/h3-9,15-16H,10-14H2,1-2H3,(H,23,25). The van der Waals surface area contributed by atoms with E-state index in [4.69, 9.17) is 4.74 Å². The Morgan fingerprint density at radius 3 is 2.44 bits per heavy atom. The molecule has 1 unspecified atom stereocenters. The van der Waals surface area contributed by atoms with Gasteiger partial charge >= 0.3 is 0 Å². The van der Waals surface area contributed by atoms with Crippen LogP contribution in [0.25, 0.3) is 11.1 Å². The number of benzene rings is 2. The van der Waals surface area contributed by atoms with Crippen LogP contribution < -0.4 is 5.32 Å². The number of nitrogens with zero attached hydrogens (tertiary/aromatic N) is 1. The predicted octanol–water partition coefficient (Wildman–Crippen LogP) is 2.89. The summed E-state index contributed by atoms with van der Waals surface area (Å²) in [5.41, 5.74) is 3.97. The van der Waals surface area contributed by atoms with Crippen molar-refractivity contribution < 1.29 is 14.3 Å². The van der Waals surface area contributed by atoms with Gasteiger partial charge in [-0.25, -0.2) is 0 Å². The number of carbonyl (C=O) groups is 2. The number of morpholine rings is 1. The summed E-state index contributed by atoms with van der Waals surface area (Å²) in [5.74, 6) is 0.0433. The molecular weight excluding hydrogens is 340 g/mol. The summed E-state index contributed by atoms with van der Waals surface area (Å²) in [6, 6.07) is 16.1. The SMILES string of the molecule is CC(=O)NC(C)Cc1ccc(-c2cccc(C(=O)N3CCOCC3)c2)cc1. The predicted molar refractivity (Wildman–Crippen MR) is 106 cm³/mol. The van der Waals surface area contributed by atoms with Gasteiger partial charge in [0.2, 0.25) is 5.91 Å². The second kappa shape index (κ2) is 8.82. The topological polar surface area (TPSA) is 58.6 Å². The van der Waals surface area contributed by atoms with Gasteiger partial charge in [-0.3, -0.25) is 9.59 Å². The maximum Gasteiger partial charge on any atom is 0.254 e. The van der Waals surface area contributed by atoms with Crippen molar-refractivity contribution in [3.05, 3.63) is 59.7 Å². The number of hydrogen-bond donors (Lipinski definition) is 1. The second-order valence-corrected chi connectivity index (χ2v) is 6.99. The van der Waals surface area contributed by atoms with Crippen LogP contribution >= 0.6 is 0 Å². The molecule has 142 valence electrons. The van der Waals surface area contributed by atoms with Crippen molar-refractivity contribution in [3.8, 4) is 11.1 Å². The van der Waals surface area contributed by atoms with Crippen molar-refractivity contribution in [3.63, 3.8) is 0 Å². The summed E-state index contributed by atoms with van der Waals surface area (Å²) < 4.78 is 5.32. The Labute approximate surface area is 160 Å². The number of ether oxygens (including phenoxy) is 1. The van der Waals surface area contributed by atoms with E-state index in [9.17, 15) is 9.59 Å². The first-order chi connectivity index (χ1) is 13.0. The Morgan fingerprint density at radius 1 is 1.07 bits per heavy atom. The minimum Gasteiger partial charge on any atom is -0.378 e. The number of rotatable bonds is 5. The van der Waals surface area contributed by atoms with E-state index in [-0.39, 0.29) is 17.9 Å². The molecule has 0 radical (unpaired) electrons. The minimum atomic E-state index is -0.0131. The van der Waals surface area contributed by atoms with Gasteiger partial charge in [-0.1, -0.05) is 36.4 Å². The van der Waals surface area contributed by atoms with Gasteiger partial charge in [-0.15, -0.1) is 0 Å². The molecule has 27 heavy (non-hydrogen) atoms. The molecule has 0 aliphatic carbocycles. The number of hydrogen-bond acceptors (Lipinski definition) is 3. The summed E-state index contributed by atoms with van der Waals surface area (Å²) in [5, 5.41) is 2.90. The van der Waals surface area contributed by atoms with Gasteiger partial charge in [0.15, 0.2) is 0 Å². The highest BCUT2D eigenvalue weighted by Crippen LogP contribution is 2.22. The average Bonchev–Trinajstić information content (AvgIpc) is 2.68. The summed E-state index contributed by atoms with van der Waals surface area (Å²) in [6.07, 6.45) is 0.787. The molecule has 5 nitrogen and oxygen atoms in total. The van der Waals surface area contributed by atoms with Crippen LogP contribution in [0.4, 0.5) is 0 Å². The van der Waals surface area contributed by atoms with Gasteiger partial charge in [0.25, 0.3) is 5.91 Å². The molecule has 0 aromatic heterocycles. The van der Waals surface area contributed by atoms with Crippen LogP contribution in [0.1, 0.15) is 29.8 Å². The summed E-state index contributed by atoms with van der Waals surface area (Å²) in [6.45, 7) is 6.02. The van der Waals surface area contributed by atoms with Gasteiger partial charge in [0.05, 0.1) is 13.2 Å². The smallest absolute Gasteiger partial charge is 0.254 e. The van der Waals surface area contributed by atoms with Crippen LogP contribution in [0.2, 0.25) is 0 Å². The normalized spacial score (nSPS) is 15.3. The van der Waals surface area contributed by atoms with Crippen LogP contribution in [0.3, 0.4) is 0 Å². The molecule has 3 rings (SSSR count). The van der Waals surface area contributed by atoms with Gasteiger partial charge in [0, 0.05) is 31.6 Å². The Hall–Kier alpha value is -2.66. The fourth-order valence-corrected chi connectivity index (χ4v) is 3.37. The van der Waals surface area contributed by atoms with Crippen LogP contribution in [-0.2, 0) is 16.0 Å².